The van der Waals surface area contributed by atoms with E-state index in [2.05, 4.69) is 26.1 Å². The van der Waals surface area contributed by atoms with Gasteiger partial charge in [0.2, 0.25) is 5.76 Å². The molecule has 0 fully saturated rings. The van der Waals surface area contributed by atoms with Gasteiger partial charge >= 0.3 is 5.97 Å². The van der Waals surface area contributed by atoms with E-state index < -0.39 is 24.4 Å². The summed E-state index contributed by atoms with van der Waals surface area (Å²) in [5, 5.41) is 2.17. The van der Waals surface area contributed by atoms with Crippen LogP contribution in [0.15, 0.2) is 47.1 Å². The number of hydrogen-bond acceptors (Lipinski definition) is 5. The van der Waals surface area contributed by atoms with E-state index in [0.29, 0.717) is 5.56 Å². The zero-order chi connectivity index (χ0) is 17.7. The number of rotatable bonds is 4. The third-order valence-electron chi connectivity index (χ3n) is 3.32. The largest absolute Gasteiger partial charge is 0.457 e. The van der Waals surface area contributed by atoms with Gasteiger partial charge in [-0.15, -0.1) is 0 Å². The van der Waals surface area contributed by atoms with Gasteiger partial charge in [0, 0.05) is 5.56 Å². The lowest BCUT2D eigenvalue weighted by Gasteiger charge is -2.18. The number of ether oxygens (including phenoxy) is 1. The molecule has 0 aliphatic carbocycles. The smallest absolute Gasteiger partial charge is 0.374 e. The number of hydrogen-bond donors (Lipinski definition) is 1. The minimum Gasteiger partial charge on any atom is -0.457 e. The van der Waals surface area contributed by atoms with Gasteiger partial charge in [0.15, 0.2) is 6.61 Å². The molecule has 0 bridgehead atoms. The highest BCUT2D eigenvalue weighted by atomic mass is 16.5. The topological polar surface area (TPSA) is 85.6 Å². The van der Waals surface area contributed by atoms with Gasteiger partial charge < -0.3 is 9.15 Å². The summed E-state index contributed by atoms with van der Waals surface area (Å²) < 4.78 is 9.60. The molecule has 2 aromatic rings. The van der Waals surface area contributed by atoms with Crippen LogP contribution in [0.25, 0.3) is 0 Å². The van der Waals surface area contributed by atoms with Crippen LogP contribution >= 0.6 is 0 Å². The second-order valence-electron chi connectivity index (χ2n) is 6.26. The van der Waals surface area contributed by atoms with Gasteiger partial charge in [-0.2, -0.15) is 0 Å². The number of carbonyl (C=O) groups is 3. The van der Waals surface area contributed by atoms with Crippen LogP contribution in [0.4, 0.5) is 0 Å². The van der Waals surface area contributed by atoms with Crippen molar-refractivity contribution in [2.75, 3.05) is 6.61 Å². The SMILES string of the molecule is CC(C)(C)c1ccc(C(=O)NC(=O)COC(=O)c2ccco2)cc1. The summed E-state index contributed by atoms with van der Waals surface area (Å²) in [6.07, 6.45) is 1.32. The number of furan rings is 1. The molecule has 1 aromatic heterocycles. The van der Waals surface area contributed by atoms with Crippen molar-refractivity contribution in [3.8, 4) is 0 Å². The van der Waals surface area contributed by atoms with Crippen molar-refractivity contribution in [3.05, 3.63) is 59.5 Å². The van der Waals surface area contributed by atoms with E-state index in [1.54, 1.807) is 12.1 Å². The van der Waals surface area contributed by atoms with E-state index in [0.717, 1.165) is 5.56 Å². The normalized spacial score (nSPS) is 11.0. The van der Waals surface area contributed by atoms with Gasteiger partial charge in [0.25, 0.3) is 11.8 Å². The van der Waals surface area contributed by atoms with E-state index >= 15 is 0 Å². The van der Waals surface area contributed by atoms with Crippen molar-refractivity contribution >= 4 is 17.8 Å². The molecule has 0 saturated heterocycles. The Labute approximate surface area is 139 Å². The summed E-state index contributed by atoms with van der Waals surface area (Å²) in [6, 6.07) is 9.94. The molecule has 1 aromatic carbocycles. The molecule has 0 unspecified atom stereocenters. The molecule has 2 amide bonds. The lowest BCUT2D eigenvalue weighted by molar-refractivity contribution is -0.123. The summed E-state index contributed by atoms with van der Waals surface area (Å²) in [5.74, 6) is -2.03. The van der Waals surface area contributed by atoms with Gasteiger partial charge in [-0.05, 0) is 35.2 Å². The average molecular weight is 329 g/mol. The molecule has 0 aliphatic heterocycles. The molecular formula is C18H19NO5. The Hall–Kier alpha value is -2.89. The average Bonchev–Trinajstić information content (AvgIpc) is 3.06. The monoisotopic (exact) mass is 329 g/mol. The summed E-state index contributed by atoms with van der Waals surface area (Å²) in [5.41, 5.74) is 1.41. The van der Waals surface area contributed by atoms with Crippen LogP contribution < -0.4 is 5.32 Å². The summed E-state index contributed by atoms with van der Waals surface area (Å²) in [7, 11) is 0. The first-order valence-electron chi connectivity index (χ1n) is 7.43. The fraction of sp³-hybridized carbons (Fsp3) is 0.278. The Morgan fingerprint density at radius 1 is 1.08 bits per heavy atom. The Bertz CT molecular complexity index is 724. The molecule has 0 saturated carbocycles. The molecule has 1 N–H and O–H groups in total. The van der Waals surface area contributed by atoms with E-state index in [9.17, 15) is 14.4 Å². The van der Waals surface area contributed by atoms with E-state index in [-0.39, 0.29) is 11.2 Å². The molecular weight excluding hydrogens is 310 g/mol. The first-order valence-corrected chi connectivity index (χ1v) is 7.43. The van der Waals surface area contributed by atoms with Crippen molar-refractivity contribution in [3.63, 3.8) is 0 Å². The van der Waals surface area contributed by atoms with Gasteiger partial charge in [-0.25, -0.2) is 4.79 Å². The maximum Gasteiger partial charge on any atom is 0.374 e. The molecule has 24 heavy (non-hydrogen) atoms. The number of benzene rings is 1. The second kappa shape index (κ2) is 7.12. The van der Waals surface area contributed by atoms with Crippen molar-refractivity contribution in [1.82, 2.24) is 5.32 Å². The van der Waals surface area contributed by atoms with Gasteiger partial charge in [-0.1, -0.05) is 32.9 Å². The lowest BCUT2D eigenvalue weighted by atomic mass is 9.87. The van der Waals surface area contributed by atoms with Crippen LogP contribution in [0.5, 0.6) is 0 Å². The fourth-order valence-corrected chi connectivity index (χ4v) is 1.95. The number of carbonyl (C=O) groups excluding carboxylic acids is 3. The summed E-state index contributed by atoms with van der Waals surface area (Å²) >= 11 is 0. The maximum atomic E-state index is 12.0. The van der Waals surface area contributed by atoms with Crippen molar-refractivity contribution in [2.45, 2.75) is 26.2 Å². The number of amides is 2. The highest BCUT2D eigenvalue weighted by Crippen LogP contribution is 2.22. The third kappa shape index (κ3) is 4.55. The quantitative estimate of drug-likeness (QED) is 0.872. The van der Waals surface area contributed by atoms with Crippen LogP contribution in [0.2, 0.25) is 0 Å². The van der Waals surface area contributed by atoms with Crippen molar-refractivity contribution < 1.29 is 23.5 Å². The van der Waals surface area contributed by atoms with Gasteiger partial charge in [-0.3, -0.25) is 14.9 Å². The van der Waals surface area contributed by atoms with Crippen molar-refractivity contribution in [2.24, 2.45) is 0 Å². The standard InChI is InChI=1S/C18H19NO5/c1-18(2,3)13-8-6-12(7-9-13)16(21)19-15(20)11-24-17(22)14-5-4-10-23-14/h4-10H,11H2,1-3H3,(H,19,20,21). The second-order valence-corrected chi connectivity index (χ2v) is 6.26. The number of imide groups is 1. The third-order valence-corrected chi connectivity index (χ3v) is 3.32. The van der Waals surface area contributed by atoms with Gasteiger partial charge in [0.1, 0.15) is 0 Å². The lowest BCUT2D eigenvalue weighted by Crippen LogP contribution is -2.34. The fourth-order valence-electron chi connectivity index (χ4n) is 1.95. The zero-order valence-electron chi connectivity index (χ0n) is 13.8. The highest BCUT2D eigenvalue weighted by Gasteiger charge is 2.17. The minimum absolute atomic E-state index is 0.00750. The Kier molecular flexibility index (Phi) is 5.18. The van der Waals surface area contributed by atoms with Crippen LogP contribution in [-0.4, -0.2) is 24.4 Å². The van der Waals surface area contributed by atoms with Crippen molar-refractivity contribution in [1.29, 1.82) is 0 Å². The zero-order valence-corrected chi connectivity index (χ0v) is 13.8. The summed E-state index contributed by atoms with van der Waals surface area (Å²) in [6.45, 7) is 5.64. The molecule has 6 heteroatoms. The number of esters is 1. The Balaban J connectivity index is 1.87. The van der Waals surface area contributed by atoms with Crippen LogP contribution in [0, 0.1) is 0 Å². The molecule has 0 radical (unpaired) electrons. The molecule has 0 spiro atoms. The molecule has 2 rings (SSSR count). The van der Waals surface area contributed by atoms with E-state index in [1.807, 2.05) is 12.1 Å². The van der Waals surface area contributed by atoms with Crippen LogP contribution in [-0.2, 0) is 14.9 Å². The molecule has 0 aliphatic rings. The van der Waals surface area contributed by atoms with Crippen LogP contribution in [0.3, 0.4) is 0 Å². The maximum absolute atomic E-state index is 12.0. The van der Waals surface area contributed by atoms with Crippen LogP contribution in [0.1, 0.15) is 47.2 Å². The minimum atomic E-state index is -0.767. The highest BCUT2D eigenvalue weighted by molar-refractivity contribution is 6.05. The molecule has 0 atom stereocenters. The predicted octanol–water partition coefficient (Wildman–Crippen LogP) is 2.69. The van der Waals surface area contributed by atoms with Gasteiger partial charge in [0.05, 0.1) is 6.26 Å². The predicted molar refractivity (Wildman–Crippen MR) is 86.6 cm³/mol. The molecule has 126 valence electrons. The van der Waals surface area contributed by atoms with E-state index in [4.69, 9.17) is 9.15 Å². The summed E-state index contributed by atoms with van der Waals surface area (Å²) in [4.78, 5) is 35.2. The van der Waals surface area contributed by atoms with E-state index in [1.165, 1.54) is 18.4 Å². The molecule has 6 nitrogen and oxygen atoms in total. The number of nitrogens with one attached hydrogen (secondary N) is 1. The Morgan fingerprint density at radius 3 is 2.29 bits per heavy atom. The molecule has 1 heterocycles. The first kappa shape index (κ1) is 17.5. The Morgan fingerprint density at radius 2 is 1.75 bits per heavy atom. The first-order chi connectivity index (χ1) is 11.3.